The molecule has 0 saturated carbocycles. The van der Waals surface area contributed by atoms with Gasteiger partial charge in [0.05, 0.1) is 10.7 Å². The van der Waals surface area contributed by atoms with E-state index in [-0.39, 0.29) is 17.3 Å². The number of carbonyl (C=O) groups is 2. The number of fused-ring (bicyclic) bond motifs is 4. The summed E-state index contributed by atoms with van der Waals surface area (Å²) < 4.78 is 0. The van der Waals surface area contributed by atoms with Gasteiger partial charge in [-0.3, -0.25) is 19.7 Å². The van der Waals surface area contributed by atoms with Crippen LogP contribution in [0.3, 0.4) is 0 Å². The molecule has 0 bridgehead atoms. The zero-order valence-electron chi connectivity index (χ0n) is 12.4. The van der Waals surface area contributed by atoms with Crippen molar-refractivity contribution in [2.75, 3.05) is 11.1 Å². The molecule has 124 valence electrons. The van der Waals surface area contributed by atoms with Crippen LogP contribution < -0.4 is 10.6 Å². The van der Waals surface area contributed by atoms with Gasteiger partial charge in [0.25, 0.3) is 11.6 Å². The average Bonchev–Trinajstić information content (AvgIpc) is 2.97. The van der Waals surface area contributed by atoms with Crippen LogP contribution in [0.5, 0.6) is 0 Å². The maximum Gasteiger partial charge on any atom is 0.269 e. The van der Waals surface area contributed by atoms with Gasteiger partial charge in [0, 0.05) is 23.4 Å². The molecule has 0 aliphatic carbocycles. The molecule has 9 nitrogen and oxygen atoms in total. The molecule has 1 saturated heterocycles. The molecule has 2 unspecified atom stereocenters. The highest BCUT2D eigenvalue weighted by atomic mass is 32.2. The Hall–Kier alpha value is -2.59. The highest BCUT2D eigenvalue weighted by Crippen LogP contribution is 2.52. The fourth-order valence-electron chi connectivity index (χ4n) is 3.06. The second-order valence-corrected chi connectivity index (χ2v) is 6.75. The molecule has 0 radical (unpaired) electrons. The minimum absolute atomic E-state index is 0.0266. The predicted molar refractivity (Wildman–Crippen MR) is 84.5 cm³/mol. The summed E-state index contributed by atoms with van der Waals surface area (Å²) in [6.07, 6.45) is 1.07. The van der Waals surface area contributed by atoms with Crippen LogP contribution in [0.15, 0.2) is 30.0 Å². The van der Waals surface area contributed by atoms with E-state index in [1.165, 1.54) is 23.3 Å². The predicted octanol–water partition coefficient (Wildman–Crippen LogP) is 1.04. The van der Waals surface area contributed by atoms with Crippen LogP contribution in [0.2, 0.25) is 0 Å². The van der Waals surface area contributed by atoms with Crippen LogP contribution in [0, 0.1) is 10.1 Å². The quantitative estimate of drug-likeness (QED) is 0.576. The Bertz CT molecular complexity index is 825. The highest BCUT2D eigenvalue weighted by molar-refractivity contribution is 8.01. The number of non-ortho nitro benzene ring substituents is 1. The van der Waals surface area contributed by atoms with Crippen LogP contribution in [0.1, 0.15) is 12.5 Å². The molecular weight excluding hydrogens is 336 g/mol. The number of nitro groups is 1. The summed E-state index contributed by atoms with van der Waals surface area (Å²) in [4.78, 5) is 39.7. The molecule has 3 aliphatic rings. The zero-order valence-corrected chi connectivity index (χ0v) is 13.3. The average molecular weight is 348 g/mol. The van der Waals surface area contributed by atoms with E-state index in [1.54, 1.807) is 13.0 Å². The van der Waals surface area contributed by atoms with Crippen molar-refractivity contribution in [1.82, 2.24) is 10.4 Å². The number of rotatable bonds is 1. The molecule has 4 rings (SSSR count). The first-order valence-corrected chi connectivity index (χ1v) is 8.10. The molecule has 1 aromatic rings. The van der Waals surface area contributed by atoms with E-state index in [0.29, 0.717) is 17.0 Å². The Morgan fingerprint density at radius 3 is 3.00 bits per heavy atom. The van der Waals surface area contributed by atoms with Gasteiger partial charge in [0.15, 0.2) is 0 Å². The minimum Gasteiger partial charge on any atom is -0.406 e. The summed E-state index contributed by atoms with van der Waals surface area (Å²) in [6.45, 7) is 1.71. The number of nitro benzene ring substituents is 1. The van der Waals surface area contributed by atoms with E-state index in [2.05, 4.69) is 10.6 Å². The number of anilines is 1. The summed E-state index contributed by atoms with van der Waals surface area (Å²) in [5.41, 5.74) is 0.754. The number of carbonyl (C=O) groups excluding carboxylic acids is 2. The molecule has 2 amide bonds. The number of benzene rings is 1. The summed E-state index contributed by atoms with van der Waals surface area (Å²) in [5, 5.41) is 18.0. The van der Waals surface area contributed by atoms with Crippen LogP contribution in [0.25, 0.3) is 0 Å². The first-order valence-electron chi connectivity index (χ1n) is 7.11. The van der Waals surface area contributed by atoms with Crippen molar-refractivity contribution in [3.05, 3.63) is 45.7 Å². The van der Waals surface area contributed by atoms with Crippen LogP contribution in [-0.4, -0.2) is 33.7 Å². The van der Waals surface area contributed by atoms with E-state index in [0.717, 1.165) is 11.8 Å². The van der Waals surface area contributed by atoms with E-state index in [9.17, 15) is 19.7 Å². The number of hydrogen-bond donors (Lipinski definition) is 2. The molecule has 1 aromatic carbocycles. The minimum atomic E-state index is -1.38. The Balaban J connectivity index is 1.90. The standard InChI is InChI=1S/C14H12N4O5S/c1-7-4-11-16-12(19)6-24-14(17(11)23-7)9-5-8(18(21)22)2-3-10(9)15-13(14)20/h2-5,11H,6H2,1H3,(H,15,20)(H,16,19). The Labute approximate surface area is 140 Å². The molecule has 3 heterocycles. The lowest BCUT2D eigenvalue weighted by atomic mass is 10.1. The lowest BCUT2D eigenvalue weighted by Crippen LogP contribution is -2.53. The lowest BCUT2D eigenvalue weighted by Gasteiger charge is -2.35. The molecule has 2 N–H and O–H groups in total. The van der Waals surface area contributed by atoms with Crippen molar-refractivity contribution in [1.29, 1.82) is 0 Å². The maximum absolute atomic E-state index is 12.8. The molecule has 1 fully saturated rings. The molecule has 1 spiro atoms. The maximum atomic E-state index is 12.8. The van der Waals surface area contributed by atoms with Gasteiger partial charge in [-0.05, 0) is 19.1 Å². The smallest absolute Gasteiger partial charge is 0.269 e. The zero-order chi connectivity index (χ0) is 17.1. The molecule has 3 aliphatic heterocycles. The largest absolute Gasteiger partial charge is 0.406 e. The van der Waals surface area contributed by atoms with E-state index >= 15 is 0 Å². The second kappa shape index (κ2) is 4.95. The summed E-state index contributed by atoms with van der Waals surface area (Å²) >= 11 is 1.07. The first-order chi connectivity index (χ1) is 11.4. The number of amides is 2. The SMILES string of the molecule is CC1=CC2NC(=O)CSC3(C(=O)Nc4ccc([N+](=O)[O-])cc43)N2O1. The number of allylic oxidation sites excluding steroid dienone is 1. The number of nitrogens with zero attached hydrogens (tertiary/aromatic N) is 2. The van der Waals surface area contributed by atoms with Crippen molar-refractivity contribution in [3.63, 3.8) is 0 Å². The van der Waals surface area contributed by atoms with Gasteiger partial charge in [-0.2, -0.15) is 0 Å². The molecule has 2 atom stereocenters. The number of hydroxylamine groups is 2. The number of thioether (sulfide) groups is 1. The molecule has 0 aromatic heterocycles. The second-order valence-electron chi connectivity index (χ2n) is 5.58. The highest BCUT2D eigenvalue weighted by Gasteiger charge is 2.59. The third-order valence-electron chi connectivity index (χ3n) is 4.05. The van der Waals surface area contributed by atoms with Crippen LogP contribution >= 0.6 is 11.8 Å². The lowest BCUT2D eigenvalue weighted by molar-refractivity contribution is -0.385. The summed E-state index contributed by atoms with van der Waals surface area (Å²) in [5.74, 6) is -0.0757. The van der Waals surface area contributed by atoms with Gasteiger partial charge in [-0.15, -0.1) is 11.8 Å². The molecule has 24 heavy (non-hydrogen) atoms. The number of nitrogens with one attached hydrogen (secondary N) is 2. The first kappa shape index (κ1) is 15.0. The van der Waals surface area contributed by atoms with Crippen molar-refractivity contribution in [2.45, 2.75) is 18.0 Å². The third-order valence-corrected chi connectivity index (χ3v) is 5.46. The van der Waals surface area contributed by atoms with E-state index in [4.69, 9.17) is 4.84 Å². The fourth-order valence-corrected chi connectivity index (χ4v) is 4.27. The van der Waals surface area contributed by atoms with E-state index in [1.807, 2.05) is 0 Å². The fraction of sp³-hybridized carbons (Fsp3) is 0.286. The monoisotopic (exact) mass is 348 g/mol. The van der Waals surface area contributed by atoms with Crippen LogP contribution in [0.4, 0.5) is 11.4 Å². The third kappa shape index (κ3) is 1.93. The Morgan fingerprint density at radius 1 is 1.46 bits per heavy atom. The van der Waals surface area contributed by atoms with Gasteiger partial charge < -0.3 is 15.5 Å². The topological polar surface area (TPSA) is 114 Å². The summed E-state index contributed by atoms with van der Waals surface area (Å²) in [6, 6.07) is 4.17. The Kier molecular flexibility index (Phi) is 3.09. The van der Waals surface area contributed by atoms with Gasteiger partial charge in [0.1, 0.15) is 11.9 Å². The molecule has 10 heteroatoms. The van der Waals surface area contributed by atoms with Crippen molar-refractivity contribution in [2.24, 2.45) is 0 Å². The van der Waals surface area contributed by atoms with Crippen molar-refractivity contribution >= 4 is 35.0 Å². The Morgan fingerprint density at radius 2 is 2.25 bits per heavy atom. The van der Waals surface area contributed by atoms with Gasteiger partial charge >= 0.3 is 0 Å². The normalized spacial score (nSPS) is 28.4. The van der Waals surface area contributed by atoms with E-state index < -0.39 is 21.9 Å². The van der Waals surface area contributed by atoms with Crippen molar-refractivity contribution < 1.29 is 19.3 Å². The molecular formula is C14H12N4O5S. The van der Waals surface area contributed by atoms with Gasteiger partial charge in [0.2, 0.25) is 10.8 Å². The van der Waals surface area contributed by atoms with Crippen LogP contribution in [-0.2, 0) is 19.3 Å². The van der Waals surface area contributed by atoms with Gasteiger partial charge in [-0.25, -0.2) is 0 Å². The number of hydrogen-bond acceptors (Lipinski definition) is 7. The summed E-state index contributed by atoms with van der Waals surface area (Å²) in [7, 11) is 0. The van der Waals surface area contributed by atoms with Crippen molar-refractivity contribution in [3.8, 4) is 0 Å². The van der Waals surface area contributed by atoms with Gasteiger partial charge in [-0.1, -0.05) is 5.06 Å².